The molecule has 72 valence electrons. The first-order valence-corrected chi connectivity index (χ1v) is 5.48. The Labute approximate surface area is 81.1 Å². The third-order valence-electron chi connectivity index (χ3n) is 1.24. The van der Waals surface area contributed by atoms with Gasteiger partial charge in [0.15, 0.2) is 0 Å². The van der Waals surface area contributed by atoms with E-state index in [1.807, 2.05) is 19.1 Å². The zero-order valence-electron chi connectivity index (χ0n) is 6.80. The van der Waals surface area contributed by atoms with Gasteiger partial charge in [0.2, 0.25) is 0 Å². The molecule has 0 heterocycles. The predicted octanol–water partition coefficient (Wildman–Crippen LogP) is 1.82. The summed E-state index contributed by atoms with van der Waals surface area (Å²) in [5, 5.41) is 0. The van der Waals surface area contributed by atoms with Crippen LogP contribution in [0.5, 0.6) is 0 Å². The highest BCUT2D eigenvalue weighted by atomic mass is 32.3. The minimum Gasteiger partial charge on any atom is -0.263 e. The summed E-state index contributed by atoms with van der Waals surface area (Å²) in [6, 6.07) is 7.03. The second-order valence-corrected chi connectivity index (χ2v) is 4.43. The molecule has 13 heavy (non-hydrogen) atoms. The molecule has 0 saturated carbocycles. The van der Waals surface area contributed by atoms with Gasteiger partial charge < -0.3 is 0 Å². The molecule has 0 aliphatic heterocycles. The fourth-order valence-corrected chi connectivity index (χ4v) is 1.58. The molecule has 0 fully saturated rings. The molecule has 0 spiro atoms. The van der Waals surface area contributed by atoms with Crippen molar-refractivity contribution in [2.75, 3.05) is 0 Å². The van der Waals surface area contributed by atoms with Crippen LogP contribution in [0.4, 0.5) is 0 Å². The summed E-state index contributed by atoms with van der Waals surface area (Å²) >= 11 is 0.598. The first kappa shape index (κ1) is 10.5. The first-order chi connectivity index (χ1) is 5.97. The van der Waals surface area contributed by atoms with Crippen LogP contribution in [0.1, 0.15) is 5.56 Å². The van der Waals surface area contributed by atoms with Crippen LogP contribution in [0.25, 0.3) is 0 Å². The SMILES string of the molecule is Cc1ccc(SOS(=O)(=O)O)cc1. The Hall–Kier alpha value is -0.560. The predicted molar refractivity (Wildman–Crippen MR) is 49.7 cm³/mol. The average Bonchev–Trinajstić information content (AvgIpc) is 2.02. The summed E-state index contributed by atoms with van der Waals surface area (Å²) in [5.74, 6) is 0. The van der Waals surface area contributed by atoms with Gasteiger partial charge in [0, 0.05) is 4.90 Å². The van der Waals surface area contributed by atoms with Gasteiger partial charge in [0.25, 0.3) is 0 Å². The molecule has 4 nitrogen and oxygen atoms in total. The first-order valence-electron chi connectivity index (χ1n) is 3.37. The van der Waals surface area contributed by atoms with Crippen LogP contribution in [0.15, 0.2) is 29.2 Å². The van der Waals surface area contributed by atoms with E-state index in [-0.39, 0.29) is 0 Å². The maximum atomic E-state index is 10.2. The van der Waals surface area contributed by atoms with Crippen molar-refractivity contribution in [1.82, 2.24) is 0 Å². The average molecular weight is 220 g/mol. The normalized spacial score (nSPS) is 11.5. The molecular formula is C7H8O4S2. The molecule has 0 aliphatic carbocycles. The Morgan fingerprint density at radius 1 is 1.31 bits per heavy atom. The second kappa shape index (κ2) is 4.10. The molecule has 0 unspecified atom stereocenters. The standard InChI is InChI=1S/C7H8O4S2/c1-6-2-4-7(5-3-6)12-11-13(8,9)10/h2-5H,1H3,(H,8,9,10). The van der Waals surface area contributed by atoms with Crippen LogP contribution in [-0.2, 0) is 14.0 Å². The van der Waals surface area contributed by atoms with E-state index >= 15 is 0 Å². The van der Waals surface area contributed by atoms with Crippen LogP contribution < -0.4 is 0 Å². The van der Waals surface area contributed by atoms with Crippen LogP contribution in [-0.4, -0.2) is 13.0 Å². The molecule has 6 heteroatoms. The van der Waals surface area contributed by atoms with Crippen molar-refractivity contribution in [3.05, 3.63) is 29.8 Å². The lowest BCUT2D eigenvalue weighted by Gasteiger charge is -1.98. The molecule has 1 aromatic carbocycles. The quantitative estimate of drug-likeness (QED) is 0.621. The number of aryl methyl sites for hydroxylation is 1. The van der Waals surface area contributed by atoms with Crippen molar-refractivity contribution in [3.63, 3.8) is 0 Å². The monoisotopic (exact) mass is 220 g/mol. The van der Waals surface area contributed by atoms with Gasteiger partial charge in [-0.2, -0.15) is 12.0 Å². The maximum Gasteiger partial charge on any atom is 0.408 e. The third kappa shape index (κ3) is 4.28. The minimum atomic E-state index is -4.37. The Morgan fingerprint density at radius 2 is 1.85 bits per heavy atom. The minimum absolute atomic E-state index is 0.598. The van der Waals surface area contributed by atoms with E-state index in [0.717, 1.165) is 5.56 Å². The highest BCUT2D eigenvalue weighted by Crippen LogP contribution is 2.20. The molecule has 1 aromatic rings. The molecule has 0 amide bonds. The highest BCUT2D eigenvalue weighted by Gasteiger charge is 2.05. The van der Waals surface area contributed by atoms with Crippen molar-refractivity contribution in [2.24, 2.45) is 0 Å². The van der Waals surface area contributed by atoms with Gasteiger partial charge in [-0.3, -0.25) is 4.55 Å². The van der Waals surface area contributed by atoms with E-state index in [1.54, 1.807) is 12.1 Å². The van der Waals surface area contributed by atoms with E-state index < -0.39 is 10.4 Å². The Balaban J connectivity index is 2.61. The van der Waals surface area contributed by atoms with Gasteiger partial charge in [-0.15, -0.1) is 0 Å². The summed E-state index contributed by atoms with van der Waals surface area (Å²) in [6.07, 6.45) is 0. The van der Waals surface area contributed by atoms with Crippen LogP contribution >= 0.6 is 12.0 Å². The van der Waals surface area contributed by atoms with E-state index in [0.29, 0.717) is 16.9 Å². The van der Waals surface area contributed by atoms with Gasteiger partial charge >= 0.3 is 10.4 Å². The molecule has 0 saturated heterocycles. The molecular weight excluding hydrogens is 212 g/mol. The fourth-order valence-electron chi connectivity index (χ4n) is 0.676. The van der Waals surface area contributed by atoms with Gasteiger partial charge in [0.1, 0.15) is 0 Å². The fraction of sp³-hybridized carbons (Fsp3) is 0.143. The molecule has 0 aliphatic rings. The van der Waals surface area contributed by atoms with E-state index in [9.17, 15) is 8.42 Å². The van der Waals surface area contributed by atoms with E-state index in [2.05, 4.69) is 3.63 Å². The molecule has 0 radical (unpaired) electrons. The lowest BCUT2D eigenvalue weighted by molar-refractivity contribution is 0.407. The Kier molecular flexibility index (Phi) is 3.32. The van der Waals surface area contributed by atoms with Crippen LogP contribution in [0.3, 0.4) is 0 Å². The summed E-state index contributed by atoms with van der Waals surface area (Å²) in [6.45, 7) is 1.91. The van der Waals surface area contributed by atoms with Crippen molar-refractivity contribution in [1.29, 1.82) is 0 Å². The second-order valence-electron chi connectivity index (χ2n) is 2.39. The van der Waals surface area contributed by atoms with Crippen LogP contribution in [0, 0.1) is 6.92 Å². The smallest absolute Gasteiger partial charge is 0.263 e. The molecule has 1 N–H and O–H groups in total. The zero-order chi connectivity index (χ0) is 9.90. The van der Waals surface area contributed by atoms with Crippen LogP contribution in [0.2, 0.25) is 0 Å². The van der Waals surface area contributed by atoms with Gasteiger partial charge in [-0.25, -0.2) is 0 Å². The maximum absolute atomic E-state index is 10.2. The largest absolute Gasteiger partial charge is 0.408 e. The Bertz CT molecular complexity index is 368. The van der Waals surface area contributed by atoms with Gasteiger partial charge in [-0.05, 0) is 19.1 Å². The zero-order valence-corrected chi connectivity index (χ0v) is 8.43. The summed E-state index contributed by atoms with van der Waals surface area (Å²) in [5.41, 5.74) is 1.07. The lowest BCUT2D eigenvalue weighted by atomic mass is 10.2. The topological polar surface area (TPSA) is 63.6 Å². The number of hydrogen-bond acceptors (Lipinski definition) is 4. The summed E-state index contributed by atoms with van der Waals surface area (Å²) in [4.78, 5) is 0.614. The summed E-state index contributed by atoms with van der Waals surface area (Å²) < 4.78 is 32.7. The van der Waals surface area contributed by atoms with Gasteiger partial charge in [0.05, 0.1) is 12.0 Å². The number of rotatable bonds is 3. The van der Waals surface area contributed by atoms with Crippen molar-refractivity contribution >= 4 is 22.4 Å². The molecule has 1 rings (SSSR count). The molecule has 0 atom stereocenters. The molecule has 0 bridgehead atoms. The third-order valence-corrected chi connectivity index (χ3v) is 2.66. The van der Waals surface area contributed by atoms with Crippen molar-refractivity contribution in [2.45, 2.75) is 11.8 Å². The lowest BCUT2D eigenvalue weighted by Crippen LogP contribution is -1.96. The molecule has 0 aromatic heterocycles. The highest BCUT2D eigenvalue weighted by molar-refractivity contribution is 8.02. The van der Waals surface area contributed by atoms with E-state index in [4.69, 9.17) is 4.55 Å². The van der Waals surface area contributed by atoms with E-state index in [1.165, 1.54) is 0 Å². The Morgan fingerprint density at radius 3 is 2.31 bits per heavy atom. The summed E-state index contributed by atoms with van der Waals surface area (Å²) in [7, 11) is -4.37. The number of benzene rings is 1. The van der Waals surface area contributed by atoms with Gasteiger partial charge in [-0.1, -0.05) is 17.7 Å². The van der Waals surface area contributed by atoms with Crippen molar-refractivity contribution < 1.29 is 16.6 Å². The van der Waals surface area contributed by atoms with Crippen molar-refractivity contribution in [3.8, 4) is 0 Å². The number of hydrogen-bond donors (Lipinski definition) is 1.